The number of pyridine rings is 1. The highest BCUT2D eigenvalue weighted by molar-refractivity contribution is 5.96. The molecule has 0 unspecified atom stereocenters. The van der Waals surface area contributed by atoms with Crippen LogP contribution in [0.3, 0.4) is 0 Å². The molecule has 1 saturated heterocycles. The van der Waals surface area contributed by atoms with Gasteiger partial charge in [-0.3, -0.25) is 4.79 Å². The molecule has 178 valence electrons. The van der Waals surface area contributed by atoms with Gasteiger partial charge in [0.15, 0.2) is 17.2 Å². The fourth-order valence-electron chi connectivity index (χ4n) is 4.42. The number of amides is 1. The van der Waals surface area contributed by atoms with Crippen LogP contribution in [0.2, 0.25) is 0 Å². The molecule has 3 aromatic rings. The Morgan fingerprint density at radius 1 is 1.29 bits per heavy atom. The molecule has 0 bridgehead atoms. The van der Waals surface area contributed by atoms with Crippen LogP contribution in [0.25, 0.3) is 5.65 Å². The van der Waals surface area contributed by atoms with Crippen LogP contribution >= 0.6 is 0 Å². The molecule has 0 spiro atoms. The van der Waals surface area contributed by atoms with E-state index in [1.165, 1.54) is 30.8 Å². The number of carbonyl (C=O) groups is 2. The van der Waals surface area contributed by atoms with Crippen molar-refractivity contribution < 1.29 is 28.2 Å². The Hall–Kier alpha value is -3.96. The summed E-state index contributed by atoms with van der Waals surface area (Å²) >= 11 is 0. The lowest BCUT2D eigenvalue weighted by Gasteiger charge is -2.38. The lowest BCUT2D eigenvalue weighted by atomic mass is 10.1. The highest BCUT2D eigenvalue weighted by Crippen LogP contribution is 2.39. The molecule has 3 aromatic heterocycles. The fourth-order valence-corrected chi connectivity index (χ4v) is 4.42. The van der Waals surface area contributed by atoms with Crippen LogP contribution in [-0.4, -0.2) is 75.3 Å². The zero-order valence-electron chi connectivity index (χ0n) is 18.9. The fraction of sp³-hybridized carbons (Fsp3) is 0.409. The van der Waals surface area contributed by atoms with Crippen LogP contribution in [-0.2, 0) is 16.1 Å². The first-order chi connectivity index (χ1) is 16.4. The molecule has 0 aliphatic carbocycles. The van der Waals surface area contributed by atoms with Crippen LogP contribution in [0.4, 0.5) is 10.2 Å². The predicted octanol–water partition coefficient (Wildman–Crippen LogP) is 1.45. The first-order valence-corrected chi connectivity index (χ1v) is 10.8. The SMILES string of the molecule is CCOC(=O)c1cnn2cc3c(nc12)N(Cc1cc(F)cnc1OC)[C@@H]1CN(C(C)=O)C[C@@H]1O3. The summed E-state index contributed by atoms with van der Waals surface area (Å²) in [4.78, 5) is 36.9. The molecule has 1 amide bonds. The molecule has 2 atom stereocenters. The van der Waals surface area contributed by atoms with E-state index in [1.54, 1.807) is 18.0 Å². The second-order valence-electron chi connectivity index (χ2n) is 8.07. The van der Waals surface area contributed by atoms with Crippen molar-refractivity contribution in [1.82, 2.24) is 24.5 Å². The predicted molar refractivity (Wildman–Crippen MR) is 116 cm³/mol. The summed E-state index contributed by atoms with van der Waals surface area (Å²) < 4.78 is 32.2. The largest absolute Gasteiger partial charge is 0.481 e. The van der Waals surface area contributed by atoms with Crippen molar-refractivity contribution in [2.24, 2.45) is 0 Å². The summed E-state index contributed by atoms with van der Waals surface area (Å²) in [6.07, 6.45) is 3.79. The van der Waals surface area contributed by atoms with E-state index in [0.717, 1.165) is 6.20 Å². The molecule has 0 N–H and O–H groups in total. The summed E-state index contributed by atoms with van der Waals surface area (Å²) in [6.45, 7) is 4.44. The number of rotatable bonds is 5. The van der Waals surface area contributed by atoms with Crippen molar-refractivity contribution in [2.75, 3.05) is 31.7 Å². The molecular weight excluding hydrogens is 447 g/mol. The van der Waals surface area contributed by atoms with Crippen molar-refractivity contribution in [2.45, 2.75) is 32.5 Å². The van der Waals surface area contributed by atoms with E-state index in [9.17, 15) is 14.0 Å². The molecule has 0 radical (unpaired) electrons. The molecule has 11 nitrogen and oxygen atoms in total. The summed E-state index contributed by atoms with van der Waals surface area (Å²) in [6, 6.07) is 1.10. The third-order valence-corrected chi connectivity index (χ3v) is 6.00. The molecule has 2 aliphatic rings. The average Bonchev–Trinajstić information content (AvgIpc) is 3.42. The maximum atomic E-state index is 14.1. The minimum Gasteiger partial charge on any atom is -0.481 e. The van der Waals surface area contributed by atoms with Gasteiger partial charge in [-0.05, 0) is 13.0 Å². The Morgan fingerprint density at radius 2 is 2.12 bits per heavy atom. The first kappa shape index (κ1) is 21.9. The number of ether oxygens (including phenoxy) is 3. The Bertz CT molecular complexity index is 1280. The van der Waals surface area contributed by atoms with Crippen molar-refractivity contribution in [3.8, 4) is 11.6 Å². The molecule has 0 aromatic carbocycles. The normalized spacial score (nSPS) is 18.9. The second-order valence-corrected chi connectivity index (χ2v) is 8.07. The Kier molecular flexibility index (Phi) is 5.42. The van der Waals surface area contributed by atoms with Gasteiger partial charge in [-0.2, -0.15) is 5.10 Å². The van der Waals surface area contributed by atoms with E-state index in [-0.39, 0.29) is 42.6 Å². The third-order valence-electron chi connectivity index (χ3n) is 6.00. The minimum absolute atomic E-state index is 0.0700. The van der Waals surface area contributed by atoms with E-state index >= 15 is 0 Å². The van der Waals surface area contributed by atoms with Crippen LogP contribution in [0.15, 0.2) is 24.7 Å². The van der Waals surface area contributed by atoms with Crippen LogP contribution in [0, 0.1) is 5.82 Å². The topological polar surface area (TPSA) is 111 Å². The maximum absolute atomic E-state index is 14.1. The third kappa shape index (κ3) is 3.64. The molecule has 12 heteroatoms. The quantitative estimate of drug-likeness (QED) is 0.512. The van der Waals surface area contributed by atoms with Gasteiger partial charge in [-0.25, -0.2) is 23.7 Å². The lowest BCUT2D eigenvalue weighted by molar-refractivity contribution is -0.128. The van der Waals surface area contributed by atoms with Crippen molar-refractivity contribution in [1.29, 1.82) is 0 Å². The summed E-state index contributed by atoms with van der Waals surface area (Å²) in [5.41, 5.74) is 1.03. The number of esters is 1. The van der Waals surface area contributed by atoms with E-state index < -0.39 is 11.8 Å². The summed E-state index contributed by atoms with van der Waals surface area (Å²) in [7, 11) is 1.46. The van der Waals surface area contributed by atoms with Crippen molar-refractivity contribution in [3.63, 3.8) is 0 Å². The van der Waals surface area contributed by atoms with Gasteiger partial charge in [0.2, 0.25) is 11.8 Å². The van der Waals surface area contributed by atoms with Crippen LogP contribution in [0.5, 0.6) is 11.6 Å². The van der Waals surface area contributed by atoms with Gasteiger partial charge in [-0.1, -0.05) is 0 Å². The van der Waals surface area contributed by atoms with Gasteiger partial charge < -0.3 is 24.0 Å². The maximum Gasteiger partial charge on any atom is 0.343 e. The molecule has 5 rings (SSSR count). The molecule has 0 saturated carbocycles. The molecule has 2 aliphatic heterocycles. The number of anilines is 1. The number of fused-ring (bicyclic) bond motifs is 3. The number of nitrogens with zero attached hydrogens (tertiary/aromatic N) is 6. The van der Waals surface area contributed by atoms with E-state index in [0.29, 0.717) is 35.9 Å². The molecular formula is C22H23FN6O5. The van der Waals surface area contributed by atoms with Crippen molar-refractivity contribution >= 4 is 23.3 Å². The highest BCUT2D eigenvalue weighted by Gasteiger charge is 2.45. The van der Waals surface area contributed by atoms with E-state index in [4.69, 9.17) is 19.2 Å². The second kappa shape index (κ2) is 8.43. The lowest BCUT2D eigenvalue weighted by Crippen LogP contribution is -2.49. The molecule has 1 fully saturated rings. The summed E-state index contributed by atoms with van der Waals surface area (Å²) in [5.74, 6) is 0.0501. The zero-order valence-corrected chi connectivity index (χ0v) is 18.9. The molecule has 34 heavy (non-hydrogen) atoms. The Morgan fingerprint density at radius 3 is 2.85 bits per heavy atom. The van der Waals surface area contributed by atoms with Gasteiger partial charge in [-0.15, -0.1) is 0 Å². The van der Waals surface area contributed by atoms with Gasteiger partial charge in [0.05, 0.1) is 51.4 Å². The van der Waals surface area contributed by atoms with E-state index in [1.807, 2.05) is 4.90 Å². The number of hydrogen-bond acceptors (Lipinski definition) is 9. The van der Waals surface area contributed by atoms with Crippen LogP contribution in [0.1, 0.15) is 29.8 Å². The number of hydrogen-bond donors (Lipinski definition) is 0. The van der Waals surface area contributed by atoms with Gasteiger partial charge >= 0.3 is 5.97 Å². The van der Waals surface area contributed by atoms with Crippen molar-refractivity contribution in [3.05, 3.63) is 41.6 Å². The van der Waals surface area contributed by atoms with E-state index in [2.05, 4.69) is 10.1 Å². The smallest absolute Gasteiger partial charge is 0.343 e. The minimum atomic E-state index is -0.536. The number of likely N-dealkylation sites (tertiary alicyclic amines) is 1. The summed E-state index contributed by atoms with van der Waals surface area (Å²) in [5, 5.41) is 4.22. The van der Waals surface area contributed by atoms with Gasteiger partial charge in [0, 0.05) is 19.0 Å². The van der Waals surface area contributed by atoms with Gasteiger partial charge in [0.25, 0.3) is 0 Å². The molecule has 5 heterocycles. The average molecular weight is 470 g/mol. The number of aromatic nitrogens is 4. The van der Waals surface area contributed by atoms with Crippen LogP contribution < -0.4 is 14.4 Å². The Labute approximate surface area is 194 Å². The number of methoxy groups -OCH3 is 1. The first-order valence-electron chi connectivity index (χ1n) is 10.8. The number of carbonyl (C=O) groups excluding carboxylic acids is 2. The van der Waals surface area contributed by atoms with Gasteiger partial charge in [0.1, 0.15) is 17.5 Å². The standard InChI is InChI=1S/C22H23FN6O5/c1-4-33-22(31)15-7-25-29-11-18-20(26-19(15)29)28(8-13-5-14(23)6-24-21(13)32-3)16-9-27(12(2)30)10-17(16)34-18/h5-7,11,16-17H,4,8-10H2,1-3H3/t16-,17+/m1/s1. The highest BCUT2D eigenvalue weighted by atomic mass is 19.1. The zero-order chi connectivity index (χ0) is 24.0. The Balaban J connectivity index is 1.62. The monoisotopic (exact) mass is 470 g/mol. The number of halogens is 1.